The summed E-state index contributed by atoms with van der Waals surface area (Å²) >= 11 is -0.451. The molecule has 0 heterocycles. The first-order chi connectivity index (χ1) is 11.9. The van der Waals surface area contributed by atoms with Crippen LogP contribution in [0.25, 0.3) is 0 Å². The van der Waals surface area contributed by atoms with Crippen molar-refractivity contribution in [3.05, 3.63) is 59.2 Å². The quantitative estimate of drug-likeness (QED) is 0.239. The Morgan fingerprint density at radius 1 is 0.308 bits per heavy atom. The van der Waals surface area contributed by atoms with Crippen molar-refractivity contribution < 1.29 is 30.3 Å². The van der Waals surface area contributed by atoms with Crippen molar-refractivity contribution in [2.24, 2.45) is 0 Å². The van der Waals surface area contributed by atoms with Crippen LogP contribution in [0.5, 0.6) is 0 Å². The summed E-state index contributed by atoms with van der Waals surface area (Å²) in [6.07, 6.45) is 0. The van der Waals surface area contributed by atoms with Gasteiger partial charge in [0.25, 0.3) is 0 Å². The SMILES string of the molecule is C[C]1[C](C)[C](C)[C](C)[C]1C.C[C]1[C](C)[C](C)[C](C)[C]1C.[Cl][Rh][Cl].[Cl][Rh][Cl]. The molecule has 0 spiro atoms. The minimum absolute atomic E-state index is 0.226. The van der Waals surface area contributed by atoms with Crippen LogP contribution in [0.1, 0.15) is 69.2 Å². The van der Waals surface area contributed by atoms with E-state index in [1.165, 1.54) is 59.2 Å². The van der Waals surface area contributed by atoms with Crippen LogP contribution < -0.4 is 0 Å². The molecule has 0 nitrogen and oxygen atoms in total. The molecule has 2 saturated carbocycles. The van der Waals surface area contributed by atoms with Crippen molar-refractivity contribution in [2.45, 2.75) is 69.2 Å². The second-order valence-electron chi connectivity index (χ2n) is 6.35. The fourth-order valence-corrected chi connectivity index (χ4v) is 2.81. The molecule has 0 amide bonds. The Balaban J connectivity index is 0. The predicted molar refractivity (Wildman–Crippen MR) is 113 cm³/mol. The zero-order valence-corrected chi connectivity index (χ0v) is 23.5. The molecule has 2 aliphatic rings. The number of hydrogen-bond donors (Lipinski definition) is 0. The van der Waals surface area contributed by atoms with E-state index in [9.17, 15) is 0 Å². The summed E-state index contributed by atoms with van der Waals surface area (Å²) in [5.41, 5.74) is 0. The maximum absolute atomic E-state index is 4.83. The average molecular weight is 618 g/mol. The topological polar surface area (TPSA) is 0 Å². The molecule has 6 heteroatoms. The van der Waals surface area contributed by atoms with Gasteiger partial charge in [0.15, 0.2) is 0 Å². The number of rotatable bonds is 0. The minimum atomic E-state index is -0.226. The van der Waals surface area contributed by atoms with Crippen LogP contribution >= 0.6 is 38.8 Å². The molecule has 0 bridgehead atoms. The van der Waals surface area contributed by atoms with E-state index < -0.39 is 0 Å². The molecule has 0 N–H and O–H groups in total. The van der Waals surface area contributed by atoms with E-state index in [0.29, 0.717) is 0 Å². The van der Waals surface area contributed by atoms with Crippen LogP contribution in [0, 0.1) is 59.2 Å². The Morgan fingerprint density at radius 3 is 0.385 bits per heavy atom. The van der Waals surface area contributed by atoms with E-state index in [4.69, 9.17) is 38.8 Å². The molecule has 0 unspecified atom stereocenters. The summed E-state index contributed by atoms with van der Waals surface area (Å²) in [6.45, 7) is 22.0. The second-order valence-corrected chi connectivity index (χ2v) is 11.3. The van der Waals surface area contributed by atoms with Gasteiger partial charge in [0, 0.05) is 0 Å². The Morgan fingerprint density at radius 2 is 0.346 bits per heavy atom. The van der Waals surface area contributed by atoms with Crippen LogP contribution in [0.4, 0.5) is 0 Å². The van der Waals surface area contributed by atoms with E-state index in [1.807, 2.05) is 0 Å². The zero-order valence-electron chi connectivity index (χ0n) is 17.2. The van der Waals surface area contributed by atoms with Gasteiger partial charge in [0.05, 0.1) is 0 Å². The summed E-state index contributed by atoms with van der Waals surface area (Å²) in [7, 11) is 19.3. The Labute approximate surface area is 196 Å². The molecule has 0 aromatic rings. The standard InChI is InChI=1S/2C10H15.4ClH.2Rh/c2*1-6-7(2)9(4)10(5)8(6)3;;;;;;/h2*1-5H3;4*1H;;/q;;;;;;2*+2/p-4. The van der Waals surface area contributed by atoms with Crippen molar-refractivity contribution in [3.63, 3.8) is 0 Å². The van der Waals surface area contributed by atoms with Crippen molar-refractivity contribution in [3.8, 4) is 0 Å². The van der Waals surface area contributed by atoms with Gasteiger partial charge in [0.1, 0.15) is 0 Å². The fourth-order valence-electron chi connectivity index (χ4n) is 2.81. The first kappa shape index (κ1) is 30.6. The molecule has 10 radical (unpaired) electrons. The third-order valence-electron chi connectivity index (χ3n) is 5.62. The van der Waals surface area contributed by atoms with E-state index in [-0.39, 0.29) is 30.3 Å². The van der Waals surface area contributed by atoms with Crippen LogP contribution in [-0.4, -0.2) is 0 Å². The predicted octanol–water partition coefficient (Wildman–Crippen LogP) is 8.70. The number of halogens is 4. The first-order valence-corrected chi connectivity index (χ1v) is 16.4. The Hall–Kier alpha value is 2.41. The molecule has 156 valence electrons. The molecule has 2 aliphatic carbocycles. The molecule has 0 atom stereocenters. The van der Waals surface area contributed by atoms with Gasteiger partial charge in [-0.05, 0) is 59.2 Å². The summed E-state index contributed by atoms with van der Waals surface area (Å²) < 4.78 is 0. The normalized spacial score (nSPS) is 23.6. The third-order valence-corrected chi connectivity index (χ3v) is 5.62. The summed E-state index contributed by atoms with van der Waals surface area (Å²) in [4.78, 5) is 0. The fraction of sp³-hybridized carbons (Fsp3) is 0.500. The van der Waals surface area contributed by atoms with Crippen LogP contribution in [-0.2, 0) is 30.3 Å². The monoisotopic (exact) mass is 616 g/mol. The van der Waals surface area contributed by atoms with Gasteiger partial charge >= 0.3 is 69.1 Å². The summed E-state index contributed by atoms with van der Waals surface area (Å²) in [5.74, 6) is 14.7. The van der Waals surface area contributed by atoms with E-state index in [1.54, 1.807) is 0 Å². The molecule has 2 rings (SSSR count). The third kappa shape index (κ3) is 9.48. The van der Waals surface area contributed by atoms with Gasteiger partial charge < -0.3 is 0 Å². The summed E-state index contributed by atoms with van der Waals surface area (Å²) in [6, 6.07) is 0. The Bertz CT molecular complexity index is 224. The van der Waals surface area contributed by atoms with Crippen molar-refractivity contribution in [2.75, 3.05) is 0 Å². The van der Waals surface area contributed by atoms with E-state index in [2.05, 4.69) is 69.2 Å². The van der Waals surface area contributed by atoms with Gasteiger partial charge in [-0.2, -0.15) is 0 Å². The molecule has 0 saturated heterocycles. The van der Waals surface area contributed by atoms with Crippen molar-refractivity contribution >= 4 is 38.8 Å². The molecular formula is C20H30Cl4Rh2. The summed E-state index contributed by atoms with van der Waals surface area (Å²) in [5, 5.41) is 0. The van der Waals surface area contributed by atoms with E-state index in [0.717, 1.165) is 0 Å². The molecular weight excluding hydrogens is 588 g/mol. The van der Waals surface area contributed by atoms with Gasteiger partial charge in [-0.25, -0.2) is 0 Å². The van der Waals surface area contributed by atoms with Gasteiger partial charge in [-0.15, -0.1) is 0 Å². The average Bonchev–Trinajstić information content (AvgIpc) is 2.87. The van der Waals surface area contributed by atoms with Crippen LogP contribution in [0.2, 0.25) is 0 Å². The molecule has 0 aromatic heterocycles. The zero-order chi connectivity index (χ0) is 21.2. The van der Waals surface area contributed by atoms with Crippen molar-refractivity contribution in [1.82, 2.24) is 0 Å². The van der Waals surface area contributed by atoms with Crippen LogP contribution in [0.15, 0.2) is 0 Å². The maximum atomic E-state index is 4.83. The van der Waals surface area contributed by atoms with Gasteiger partial charge in [-0.3, -0.25) is 0 Å². The van der Waals surface area contributed by atoms with Gasteiger partial charge in [0.2, 0.25) is 0 Å². The number of hydrogen-bond acceptors (Lipinski definition) is 0. The second kappa shape index (κ2) is 16.1. The first-order valence-electron chi connectivity index (χ1n) is 8.00. The molecule has 0 aromatic carbocycles. The van der Waals surface area contributed by atoms with E-state index >= 15 is 0 Å². The van der Waals surface area contributed by atoms with Crippen molar-refractivity contribution in [1.29, 1.82) is 0 Å². The Kier molecular flexibility index (Phi) is 19.0. The van der Waals surface area contributed by atoms with Crippen LogP contribution in [0.3, 0.4) is 0 Å². The molecule has 2 fully saturated rings. The molecule has 26 heavy (non-hydrogen) atoms. The van der Waals surface area contributed by atoms with Gasteiger partial charge in [-0.1, -0.05) is 69.2 Å². The molecule has 0 aliphatic heterocycles.